The third kappa shape index (κ3) is 5.39. The van der Waals surface area contributed by atoms with E-state index >= 15 is 0 Å². The van der Waals surface area contributed by atoms with Crippen LogP contribution in [0, 0.1) is 10.1 Å². The molecule has 4 rings (SSSR count). The number of nitro benzene ring substituents is 1. The Morgan fingerprint density at radius 3 is 2.55 bits per heavy atom. The molecule has 38 heavy (non-hydrogen) atoms. The quantitative estimate of drug-likeness (QED) is 0.176. The summed E-state index contributed by atoms with van der Waals surface area (Å²) in [7, 11) is 4.37. The number of hydrogen-bond acceptors (Lipinski definition) is 10. The van der Waals surface area contributed by atoms with Gasteiger partial charge in [0.15, 0.2) is 11.2 Å². The Balaban J connectivity index is 1.63. The van der Waals surface area contributed by atoms with E-state index in [1.807, 2.05) is 0 Å². The molecule has 0 aliphatic rings. The Morgan fingerprint density at radius 1 is 1.16 bits per heavy atom. The second-order valence-electron chi connectivity index (χ2n) is 8.29. The van der Waals surface area contributed by atoms with Gasteiger partial charge < -0.3 is 19.1 Å². The monoisotopic (exact) mass is 523 g/mol. The maximum atomic E-state index is 13.0. The van der Waals surface area contributed by atoms with Crippen molar-refractivity contribution < 1.29 is 19.5 Å². The number of aliphatic hydroxyl groups excluding tert-OH is 1. The molecular weight excluding hydrogens is 498 g/mol. The lowest BCUT2D eigenvalue weighted by Crippen LogP contribution is -2.38. The van der Waals surface area contributed by atoms with Crippen molar-refractivity contribution in [1.82, 2.24) is 18.7 Å². The van der Waals surface area contributed by atoms with Crippen molar-refractivity contribution in [2.45, 2.75) is 12.6 Å². The van der Waals surface area contributed by atoms with Crippen molar-refractivity contribution in [2.75, 3.05) is 19.1 Å². The topological polar surface area (TPSA) is 168 Å². The van der Waals surface area contributed by atoms with Gasteiger partial charge in [0.25, 0.3) is 11.2 Å². The summed E-state index contributed by atoms with van der Waals surface area (Å²) in [6, 6.07) is 12.7. The minimum absolute atomic E-state index is 0.0727. The molecule has 4 aromatic rings. The highest BCUT2D eigenvalue weighted by Gasteiger charge is 2.21. The van der Waals surface area contributed by atoms with Gasteiger partial charge in [-0.15, -0.1) is 0 Å². The second-order valence-corrected chi connectivity index (χ2v) is 8.29. The van der Waals surface area contributed by atoms with E-state index in [4.69, 9.17) is 9.47 Å². The van der Waals surface area contributed by atoms with E-state index in [2.05, 4.69) is 15.5 Å². The van der Waals surface area contributed by atoms with Crippen LogP contribution >= 0.6 is 0 Å². The maximum Gasteiger partial charge on any atom is 0.332 e. The molecule has 198 valence electrons. The zero-order valence-corrected chi connectivity index (χ0v) is 20.8. The number of aryl methyl sites for hydroxylation is 1. The Hall–Kier alpha value is -4.98. The third-order valence-electron chi connectivity index (χ3n) is 5.70. The van der Waals surface area contributed by atoms with Crippen molar-refractivity contribution >= 4 is 29.0 Å². The van der Waals surface area contributed by atoms with Gasteiger partial charge in [0.05, 0.1) is 24.8 Å². The third-order valence-corrected chi connectivity index (χ3v) is 5.70. The Morgan fingerprint density at radius 2 is 1.87 bits per heavy atom. The number of nitro groups is 1. The molecule has 14 heteroatoms. The lowest BCUT2D eigenvalue weighted by Gasteiger charge is -2.15. The molecule has 0 saturated carbocycles. The Bertz CT molecular complexity index is 1620. The minimum Gasteiger partial charge on any atom is -0.497 e. The fourth-order valence-corrected chi connectivity index (χ4v) is 3.72. The van der Waals surface area contributed by atoms with Crippen molar-refractivity contribution in [2.24, 2.45) is 19.2 Å². The number of benzene rings is 2. The average Bonchev–Trinajstić information content (AvgIpc) is 3.27. The van der Waals surface area contributed by atoms with Crippen LogP contribution in [0.15, 0.2) is 63.2 Å². The van der Waals surface area contributed by atoms with Gasteiger partial charge in [-0.1, -0.05) is 12.1 Å². The molecule has 2 aromatic heterocycles. The minimum atomic E-state index is -1.07. The van der Waals surface area contributed by atoms with Gasteiger partial charge in [-0.3, -0.25) is 24.0 Å². The van der Waals surface area contributed by atoms with Gasteiger partial charge >= 0.3 is 5.69 Å². The van der Waals surface area contributed by atoms with Crippen LogP contribution in [0.4, 0.5) is 11.6 Å². The molecule has 0 fully saturated rings. The van der Waals surface area contributed by atoms with E-state index in [0.717, 1.165) is 4.57 Å². The lowest BCUT2D eigenvalue weighted by atomic mass is 10.2. The summed E-state index contributed by atoms with van der Waals surface area (Å²) in [5, 5.41) is 25.8. The fraction of sp³-hybridized carbons (Fsp3) is 0.250. The standard InChI is InChI=1S/C24H25N7O7/c1-28-21-20(22(33)29(2)24(28)34)30(13-17(32)14-38-19-9-7-18(37-3)8-10-19)23(26-21)27-25-12-15-5-4-6-16(11-15)31(35)36/h4-12,17,32H,13-14H2,1-3H3,(H,26,27). The number of hydrogen-bond donors (Lipinski definition) is 2. The first-order valence-electron chi connectivity index (χ1n) is 11.3. The van der Waals surface area contributed by atoms with Crippen LogP contribution in [-0.4, -0.2) is 54.8 Å². The number of aliphatic hydroxyl groups is 1. The summed E-state index contributed by atoms with van der Waals surface area (Å²) in [6.07, 6.45) is 0.273. The molecule has 0 amide bonds. The number of aromatic nitrogens is 4. The number of fused-ring (bicyclic) bond motifs is 1. The summed E-state index contributed by atoms with van der Waals surface area (Å²) < 4.78 is 14.3. The molecule has 0 radical (unpaired) electrons. The Kier molecular flexibility index (Phi) is 7.53. The zero-order chi connectivity index (χ0) is 27.4. The molecule has 1 atom stereocenters. The number of hydrazone groups is 1. The molecule has 0 aliphatic carbocycles. The summed E-state index contributed by atoms with van der Waals surface area (Å²) in [4.78, 5) is 40.3. The predicted molar refractivity (Wildman–Crippen MR) is 139 cm³/mol. The number of anilines is 1. The number of non-ortho nitro benzene ring substituents is 1. The number of ether oxygens (including phenoxy) is 2. The van der Waals surface area contributed by atoms with Gasteiger partial charge in [-0.2, -0.15) is 10.1 Å². The number of imidazole rings is 1. The van der Waals surface area contributed by atoms with Crippen LogP contribution in [0.3, 0.4) is 0 Å². The van der Waals surface area contributed by atoms with E-state index in [9.17, 15) is 24.8 Å². The average molecular weight is 524 g/mol. The van der Waals surface area contributed by atoms with Crippen LogP contribution in [0.25, 0.3) is 11.2 Å². The van der Waals surface area contributed by atoms with E-state index in [1.165, 1.54) is 47.6 Å². The number of nitrogens with one attached hydrogen (secondary N) is 1. The van der Waals surface area contributed by atoms with Crippen molar-refractivity contribution in [3.05, 3.63) is 85.0 Å². The van der Waals surface area contributed by atoms with Gasteiger partial charge in [0.1, 0.15) is 24.2 Å². The van der Waals surface area contributed by atoms with E-state index in [1.54, 1.807) is 37.4 Å². The first-order chi connectivity index (χ1) is 18.2. The maximum absolute atomic E-state index is 13.0. The highest BCUT2D eigenvalue weighted by Crippen LogP contribution is 2.19. The SMILES string of the molecule is COc1ccc(OCC(O)Cn2c(NN=Cc3cccc([N+](=O)[O-])c3)nc3c2c(=O)n(C)c(=O)n3C)cc1. The molecule has 14 nitrogen and oxygen atoms in total. The molecule has 2 aromatic carbocycles. The van der Waals surface area contributed by atoms with Crippen LogP contribution in [-0.2, 0) is 20.6 Å². The summed E-state index contributed by atoms with van der Waals surface area (Å²) >= 11 is 0. The van der Waals surface area contributed by atoms with Gasteiger partial charge in [0, 0.05) is 31.8 Å². The second kappa shape index (κ2) is 11.0. The molecular formula is C24H25N7O7. The molecule has 0 saturated heterocycles. The van der Waals surface area contributed by atoms with Gasteiger partial charge in [-0.25, -0.2) is 10.2 Å². The number of rotatable bonds is 10. The molecule has 0 aliphatic heterocycles. The van der Waals surface area contributed by atoms with Crippen LogP contribution < -0.4 is 26.1 Å². The van der Waals surface area contributed by atoms with Crippen LogP contribution in [0.1, 0.15) is 5.56 Å². The molecule has 1 unspecified atom stereocenters. The lowest BCUT2D eigenvalue weighted by molar-refractivity contribution is -0.384. The largest absolute Gasteiger partial charge is 0.497 e. The summed E-state index contributed by atoms with van der Waals surface area (Å²) in [5.41, 5.74) is 2.06. The molecule has 2 N–H and O–H groups in total. The van der Waals surface area contributed by atoms with E-state index < -0.39 is 22.3 Å². The van der Waals surface area contributed by atoms with Crippen molar-refractivity contribution in [3.8, 4) is 11.5 Å². The fourth-order valence-electron chi connectivity index (χ4n) is 3.72. The van der Waals surface area contributed by atoms with Gasteiger partial charge in [-0.05, 0) is 24.3 Å². The van der Waals surface area contributed by atoms with E-state index in [0.29, 0.717) is 17.1 Å². The van der Waals surface area contributed by atoms with Crippen LogP contribution in [0.5, 0.6) is 11.5 Å². The first kappa shape index (κ1) is 26.1. The zero-order valence-electron chi connectivity index (χ0n) is 20.8. The predicted octanol–water partition coefficient (Wildman–Crippen LogP) is 1.24. The van der Waals surface area contributed by atoms with Gasteiger partial charge in [0.2, 0.25) is 5.95 Å². The van der Waals surface area contributed by atoms with Crippen molar-refractivity contribution in [1.29, 1.82) is 0 Å². The number of nitrogens with zero attached hydrogens (tertiary/aromatic N) is 6. The Labute approximate surface area is 215 Å². The van der Waals surface area contributed by atoms with E-state index in [-0.39, 0.29) is 36.0 Å². The summed E-state index contributed by atoms with van der Waals surface area (Å²) in [5.74, 6) is 1.24. The number of methoxy groups -OCH3 is 1. The molecule has 2 heterocycles. The first-order valence-corrected chi connectivity index (χ1v) is 11.3. The molecule has 0 bridgehead atoms. The van der Waals surface area contributed by atoms with Crippen molar-refractivity contribution in [3.63, 3.8) is 0 Å². The molecule has 0 spiro atoms. The smallest absolute Gasteiger partial charge is 0.332 e. The normalized spacial score (nSPS) is 12.1. The summed E-state index contributed by atoms with van der Waals surface area (Å²) in [6.45, 7) is -0.219. The highest BCUT2D eigenvalue weighted by atomic mass is 16.6. The highest BCUT2D eigenvalue weighted by molar-refractivity contribution is 5.81. The van der Waals surface area contributed by atoms with Crippen LogP contribution in [0.2, 0.25) is 0 Å².